The van der Waals surface area contributed by atoms with Crippen molar-refractivity contribution >= 4 is 5.69 Å². The van der Waals surface area contributed by atoms with E-state index < -0.39 is 0 Å². The van der Waals surface area contributed by atoms with Crippen molar-refractivity contribution in [2.45, 2.75) is 0 Å². The van der Waals surface area contributed by atoms with Crippen LogP contribution in [0.15, 0.2) is 24.3 Å². The number of hydrazine groups is 1. The van der Waals surface area contributed by atoms with Crippen molar-refractivity contribution in [2.24, 2.45) is 5.84 Å². The third-order valence-electron chi connectivity index (χ3n) is 1.74. The lowest BCUT2D eigenvalue weighted by Gasteiger charge is -2.19. The number of hydrogen-bond donors (Lipinski definition) is 2. The second-order valence-corrected chi connectivity index (χ2v) is 2.59. The van der Waals surface area contributed by atoms with Crippen molar-refractivity contribution < 1.29 is 9.84 Å². The van der Waals surface area contributed by atoms with Crippen LogP contribution in [0, 0.1) is 0 Å². The fourth-order valence-corrected chi connectivity index (χ4v) is 1.10. The van der Waals surface area contributed by atoms with Gasteiger partial charge in [0.1, 0.15) is 5.75 Å². The van der Waals surface area contributed by atoms with E-state index in [1.165, 1.54) is 5.01 Å². The fourth-order valence-electron chi connectivity index (χ4n) is 1.10. The van der Waals surface area contributed by atoms with Crippen LogP contribution in [0.4, 0.5) is 5.69 Å². The Kier molecular flexibility index (Phi) is 3.54. The van der Waals surface area contributed by atoms with E-state index in [1.807, 2.05) is 24.3 Å². The number of anilines is 1. The van der Waals surface area contributed by atoms with Crippen molar-refractivity contribution in [3.63, 3.8) is 0 Å². The summed E-state index contributed by atoms with van der Waals surface area (Å²) in [6.07, 6.45) is 0. The van der Waals surface area contributed by atoms with Gasteiger partial charge in [-0.1, -0.05) is 12.1 Å². The molecule has 0 fully saturated rings. The zero-order chi connectivity index (χ0) is 9.68. The van der Waals surface area contributed by atoms with Crippen LogP contribution >= 0.6 is 0 Å². The van der Waals surface area contributed by atoms with E-state index >= 15 is 0 Å². The molecule has 72 valence electrons. The molecule has 0 saturated heterocycles. The number of ether oxygens (including phenoxy) is 1. The summed E-state index contributed by atoms with van der Waals surface area (Å²) in [7, 11) is 1.59. The van der Waals surface area contributed by atoms with E-state index in [0.717, 1.165) is 5.69 Å². The molecule has 0 heterocycles. The molecule has 0 radical (unpaired) electrons. The fraction of sp³-hybridized carbons (Fsp3) is 0.333. The molecule has 0 bridgehead atoms. The maximum Gasteiger partial charge on any atom is 0.143 e. The number of methoxy groups -OCH3 is 1. The largest absolute Gasteiger partial charge is 0.495 e. The molecule has 1 aromatic rings. The van der Waals surface area contributed by atoms with Crippen LogP contribution in [0.2, 0.25) is 0 Å². The van der Waals surface area contributed by atoms with Crippen molar-refractivity contribution in [3.8, 4) is 5.75 Å². The van der Waals surface area contributed by atoms with Gasteiger partial charge in [0.05, 0.1) is 25.9 Å². The van der Waals surface area contributed by atoms with Gasteiger partial charge in [-0.3, -0.25) is 0 Å². The van der Waals surface area contributed by atoms with Gasteiger partial charge in [0.25, 0.3) is 0 Å². The van der Waals surface area contributed by atoms with Crippen LogP contribution in [0.3, 0.4) is 0 Å². The van der Waals surface area contributed by atoms with Crippen molar-refractivity contribution in [1.82, 2.24) is 0 Å². The number of aliphatic hydroxyl groups excluding tert-OH is 1. The number of para-hydroxylation sites is 2. The van der Waals surface area contributed by atoms with Gasteiger partial charge >= 0.3 is 0 Å². The summed E-state index contributed by atoms with van der Waals surface area (Å²) in [6, 6.07) is 7.41. The maximum absolute atomic E-state index is 8.70. The lowest BCUT2D eigenvalue weighted by atomic mass is 10.3. The Morgan fingerprint density at radius 1 is 1.46 bits per heavy atom. The van der Waals surface area contributed by atoms with Crippen molar-refractivity contribution in [3.05, 3.63) is 24.3 Å². The Labute approximate surface area is 77.5 Å². The quantitative estimate of drug-likeness (QED) is 0.521. The van der Waals surface area contributed by atoms with Gasteiger partial charge in [0.2, 0.25) is 0 Å². The summed E-state index contributed by atoms with van der Waals surface area (Å²) in [6.45, 7) is 0.412. The minimum Gasteiger partial charge on any atom is -0.495 e. The highest BCUT2D eigenvalue weighted by molar-refractivity contribution is 5.57. The lowest BCUT2D eigenvalue weighted by Crippen LogP contribution is -2.33. The standard InChI is InChI=1S/C9H14N2O2/c1-13-9-5-3-2-4-8(9)11(10)6-7-12/h2-5,12H,6-7,10H2,1H3. The molecule has 0 saturated carbocycles. The van der Waals surface area contributed by atoms with Gasteiger partial charge in [-0.15, -0.1) is 0 Å². The minimum atomic E-state index is 0.0224. The molecule has 4 heteroatoms. The molecular weight excluding hydrogens is 168 g/mol. The molecular formula is C9H14N2O2. The highest BCUT2D eigenvalue weighted by Crippen LogP contribution is 2.24. The first-order valence-electron chi connectivity index (χ1n) is 4.05. The molecule has 0 amide bonds. The maximum atomic E-state index is 8.70. The monoisotopic (exact) mass is 182 g/mol. The Hall–Kier alpha value is -1.26. The average Bonchev–Trinajstić information content (AvgIpc) is 2.18. The molecule has 3 N–H and O–H groups in total. The number of benzene rings is 1. The Bertz CT molecular complexity index is 266. The van der Waals surface area contributed by atoms with Crippen LogP contribution in [-0.4, -0.2) is 25.4 Å². The molecule has 13 heavy (non-hydrogen) atoms. The van der Waals surface area contributed by atoms with E-state index in [1.54, 1.807) is 7.11 Å². The Morgan fingerprint density at radius 2 is 2.15 bits per heavy atom. The van der Waals surface area contributed by atoms with Gasteiger partial charge in [-0.25, -0.2) is 5.84 Å². The molecule has 0 aromatic heterocycles. The SMILES string of the molecule is COc1ccccc1N(N)CCO. The van der Waals surface area contributed by atoms with E-state index in [0.29, 0.717) is 12.3 Å². The first-order valence-corrected chi connectivity index (χ1v) is 4.05. The number of nitrogens with zero attached hydrogens (tertiary/aromatic N) is 1. The molecule has 0 spiro atoms. The van der Waals surface area contributed by atoms with Crippen LogP contribution in [-0.2, 0) is 0 Å². The second-order valence-electron chi connectivity index (χ2n) is 2.59. The van der Waals surface area contributed by atoms with Crippen LogP contribution < -0.4 is 15.6 Å². The van der Waals surface area contributed by atoms with Gasteiger partial charge in [-0.2, -0.15) is 0 Å². The smallest absolute Gasteiger partial charge is 0.143 e. The molecule has 0 aliphatic heterocycles. The first kappa shape index (κ1) is 9.83. The van der Waals surface area contributed by atoms with E-state index in [4.69, 9.17) is 15.7 Å². The molecule has 0 unspecified atom stereocenters. The second kappa shape index (κ2) is 4.69. The molecule has 0 atom stereocenters. The number of hydrogen-bond acceptors (Lipinski definition) is 4. The van der Waals surface area contributed by atoms with Gasteiger partial charge in [0.15, 0.2) is 0 Å². The zero-order valence-corrected chi connectivity index (χ0v) is 7.60. The predicted octanol–water partition coefficient (Wildman–Crippen LogP) is 0.368. The van der Waals surface area contributed by atoms with E-state index in [-0.39, 0.29) is 6.61 Å². The van der Waals surface area contributed by atoms with Gasteiger partial charge in [-0.05, 0) is 12.1 Å². The topological polar surface area (TPSA) is 58.7 Å². The van der Waals surface area contributed by atoms with Crippen LogP contribution in [0.5, 0.6) is 5.75 Å². The van der Waals surface area contributed by atoms with Gasteiger partial charge < -0.3 is 14.9 Å². The first-order chi connectivity index (χ1) is 6.29. The van der Waals surface area contributed by atoms with Gasteiger partial charge in [0, 0.05) is 0 Å². The summed E-state index contributed by atoms with van der Waals surface area (Å²) < 4.78 is 5.11. The van der Waals surface area contributed by atoms with Crippen molar-refractivity contribution in [1.29, 1.82) is 0 Å². The summed E-state index contributed by atoms with van der Waals surface area (Å²) in [5.74, 6) is 6.38. The summed E-state index contributed by atoms with van der Waals surface area (Å²) in [4.78, 5) is 0. The summed E-state index contributed by atoms with van der Waals surface area (Å²) in [5.41, 5.74) is 0.777. The van der Waals surface area contributed by atoms with E-state index in [2.05, 4.69) is 0 Å². The Balaban J connectivity index is 2.85. The number of rotatable bonds is 4. The summed E-state index contributed by atoms with van der Waals surface area (Å²) in [5, 5.41) is 10.2. The molecule has 0 aliphatic carbocycles. The van der Waals surface area contributed by atoms with Crippen molar-refractivity contribution in [2.75, 3.05) is 25.3 Å². The highest BCUT2D eigenvalue weighted by Gasteiger charge is 2.05. The summed E-state index contributed by atoms with van der Waals surface area (Å²) >= 11 is 0. The number of aliphatic hydroxyl groups is 1. The highest BCUT2D eigenvalue weighted by atomic mass is 16.5. The predicted molar refractivity (Wildman–Crippen MR) is 51.6 cm³/mol. The van der Waals surface area contributed by atoms with E-state index in [9.17, 15) is 0 Å². The third-order valence-corrected chi connectivity index (χ3v) is 1.74. The van der Waals surface area contributed by atoms with Crippen LogP contribution in [0.25, 0.3) is 0 Å². The zero-order valence-electron chi connectivity index (χ0n) is 7.60. The normalized spacial score (nSPS) is 9.77. The lowest BCUT2D eigenvalue weighted by molar-refractivity contribution is 0.301. The Morgan fingerprint density at radius 3 is 2.77 bits per heavy atom. The third kappa shape index (κ3) is 2.34. The molecule has 1 aromatic carbocycles. The molecule has 1 rings (SSSR count). The minimum absolute atomic E-state index is 0.0224. The molecule has 0 aliphatic rings. The van der Waals surface area contributed by atoms with Crippen LogP contribution in [0.1, 0.15) is 0 Å². The number of nitrogens with two attached hydrogens (primary N) is 1. The average molecular weight is 182 g/mol. The molecule has 4 nitrogen and oxygen atoms in total.